The highest BCUT2D eigenvalue weighted by atomic mass is 32.2. The molecule has 8 nitrogen and oxygen atoms in total. The number of H-pyrrole nitrogens is 1. The first-order valence-electron chi connectivity index (χ1n) is 7.95. The van der Waals surface area contributed by atoms with Gasteiger partial charge in [0.1, 0.15) is 5.69 Å². The van der Waals surface area contributed by atoms with Crippen molar-refractivity contribution in [2.24, 2.45) is 11.1 Å². The van der Waals surface area contributed by atoms with Gasteiger partial charge in [0.25, 0.3) is 5.91 Å². The van der Waals surface area contributed by atoms with Gasteiger partial charge < -0.3 is 15.4 Å². The van der Waals surface area contributed by atoms with E-state index in [0.29, 0.717) is 23.7 Å². The number of carboxylic acid groups (broad SMARTS) is 1. The monoisotopic (exact) mass is 365 g/mol. The Morgan fingerprint density at radius 1 is 1.20 bits per heavy atom. The highest BCUT2D eigenvalue weighted by Crippen LogP contribution is 2.25. The van der Waals surface area contributed by atoms with E-state index < -0.39 is 33.9 Å². The second-order valence-corrected chi connectivity index (χ2v) is 7.85. The Bertz CT molecular complexity index is 934. The van der Waals surface area contributed by atoms with Crippen molar-refractivity contribution in [1.82, 2.24) is 10.3 Å². The number of hydrogen-bond donors (Lipinski definition) is 4. The van der Waals surface area contributed by atoms with Crippen LogP contribution in [0.25, 0.3) is 10.9 Å². The van der Waals surface area contributed by atoms with E-state index in [1.807, 2.05) is 0 Å². The molecule has 25 heavy (non-hydrogen) atoms. The number of nitrogens with one attached hydrogen (secondary N) is 2. The number of carbonyl (C=O) groups excluding carboxylic acids is 1. The summed E-state index contributed by atoms with van der Waals surface area (Å²) in [6.45, 7) is 0. The van der Waals surface area contributed by atoms with Crippen LogP contribution in [-0.4, -0.2) is 36.4 Å². The van der Waals surface area contributed by atoms with Crippen molar-refractivity contribution < 1.29 is 23.1 Å². The Morgan fingerprint density at radius 2 is 1.92 bits per heavy atom. The first-order chi connectivity index (χ1) is 11.8. The SMILES string of the molecule is NS(=O)(=O)c1ccc2[nH]c(C(=O)N[C@H]3CCCC[C@H]3C(=O)O)cc2c1. The van der Waals surface area contributed by atoms with Gasteiger partial charge in [-0.3, -0.25) is 9.59 Å². The standard InChI is InChI=1S/C16H19N3O5S/c17-25(23,24)10-5-6-12-9(7-10)8-14(18-12)15(20)19-13-4-2-1-3-11(13)16(21)22/h5-8,11,13,18H,1-4H2,(H,19,20)(H,21,22)(H2,17,23,24)/t11-,13+/m1/s1. The molecule has 1 aliphatic carbocycles. The van der Waals surface area contributed by atoms with Crippen molar-refractivity contribution in [3.05, 3.63) is 30.0 Å². The molecule has 2 aromatic rings. The first-order valence-corrected chi connectivity index (χ1v) is 9.49. The van der Waals surface area contributed by atoms with Crippen LogP contribution in [0.4, 0.5) is 0 Å². The minimum Gasteiger partial charge on any atom is -0.481 e. The Labute approximate surface area is 144 Å². The second-order valence-electron chi connectivity index (χ2n) is 6.29. The number of primary sulfonamides is 1. The molecule has 0 unspecified atom stereocenters. The van der Waals surface area contributed by atoms with E-state index in [2.05, 4.69) is 10.3 Å². The molecule has 1 aliphatic rings. The maximum atomic E-state index is 12.5. The van der Waals surface area contributed by atoms with Crippen LogP contribution in [-0.2, 0) is 14.8 Å². The quantitative estimate of drug-likeness (QED) is 0.643. The number of aromatic nitrogens is 1. The molecule has 5 N–H and O–H groups in total. The molecule has 1 aromatic heterocycles. The molecule has 9 heteroatoms. The van der Waals surface area contributed by atoms with Crippen LogP contribution in [0.1, 0.15) is 36.2 Å². The zero-order chi connectivity index (χ0) is 18.2. The number of benzene rings is 1. The summed E-state index contributed by atoms with van der Waals surface area (Å²) in [5, 5.41) is 17.7. The van der Waals surface area contributed by atoms with E-state index >= 15 is 0 Å². The summed E-state index contributed by atoms with van der Waals surface area (Å²) in [4.78, 5) is 26.7. The summed E-state index contributed by atoms with van der Waals surface area (Å²) in [5.74, 6) is -1.90. The molecular weight excluding hydrogens is 346 g/mol. The third kappa shape index (κ3) is 3.67. The van der Waals surface area contributed by atoms with Crippen molar-refractivity contribution in [2.75, 3.05) is 0 Å². The number of sulfonamides is 1. The molecule has 1 fully saturated rings. The molecule has 0 bridgehead atoms. The lowest BCUT2D eigenvalue weighted by molar-refractivity contribution is -0.143. The Hall–Kier alpha value is -2.39. The van der Waals surface area contributed by atoms with Crippen molar-refractivity contribution >= 4 is 32.8 Å². The van der Waals surface area contributed by atoms with E-state index in [1.165, 1.54) is 24.3 Å². The number of aromatic amines is 1. The number of amides is 1. The smallest absolute Gasteiger partial charge is 0.308 e. The van der Waals surface area contributed by atoms with Crippen LogP contribution in [0.15, 0.2) is 29.2 Å². The zero-order valence-corrected chi connectivity index (χ0v) is 14.2. The van der Waals surface area contributed by atoms with Crippen LogP contribution >= 0.6 is 0 Å². The van der Waals surface area contributed by atoms with Crippen LogP contribution in [0.2, 0.25) is 0 Å². The van der Waals surface area contributed by atoms with Crippen LogP contribution < -0.4 is 10.5 Å². The predicted molar refractivity (Wildman–Crippen MR) is 90.5 cm³/mol. The highest BCUT2D eigenvalue weighted by molar-refractivity contribution is 7.89. The minimum atomic E-state index is -3.82. The number of aliphatic carboxylic acids is 1. The topological polar surface area (TPSA) is 142 Å². The normalized spacial score (nSPS) is 21.2. The number of nitrogens with two attached hydrogens (primary N) is 1. The fraction of sp³-hybridized carbons (Fsp3) is 0.375. The molecule has 1 heterocycles. The van der Waals surface area contributed by atoms with Gasteiger partial charge in [-0.15, -0.1) is 0 Å². The molecule has 2 atom stereocenters. The van der Waals surface area contributed by atoms with Gasteiger partial charge in [-0.2, -0.15) is 0 Å². The van der Waals surface area contributed by atoms with Gasteiger partial charge in [0.05, 0.1) is 10.8 Å². The molecule has 0 saturated heterocycles. The van der Waals surface area contributed by atoms with Gasteiger partial charge in [0.15, 0.2) is 0 Å². The molecule has 3 rings (SSSR count). The number of carbonyl (C=O) groups is 2. The van der Waals surface area contributed by atoms with E-state index in [-0.39, 0.29) is 10.6 Å². The van der Waals surface area contributed by atoms with Crippen molar-refractivity contribution in [3.63, 3.8) is 0 Å². The molecule has 0 spiro atoms. The molecule has 1 saturated carbocycles. The number of fused-ring (bicyclic) bond motifs is 1. The summed E-state index contributed by atoms with van der Waals surface area (Å²) in [7, 11) is -3.82. The summed E-state index contributed by atoms with van der Waals surface area (Å²) in [6, 6.07) is 5.39. The van der Waals surface area contributed by atoms with Crippen molar-refractivity contribution in [2.45, 2.75) is 36.6 Å². The fourth-order valence-corrected chi connectivity index (χ4v) is 3.80. The van der Waals surface area contributed by atoms with Crippen LogP contribution in [0, 0.1) is 5.92 Å². The zero-order valence-electron chi connectivity index (χ0n) is 13.4. The van der Waals surface area contributed by atoms with E-state index in [4.69, 9.17) is 5.14 Å². The van der Waals surface area contributed by atoms with Gasteiger partial charge in [-0.1, -0.05) is 12.8 Å². The van der Waals surface area contributed by atoms with Crippen molar-refractivity contribution in [3.8, 4) is 0 Å². The average molecular weight is 365 g/mol. The van der Waals surface area contributed by atoms with Gasteiger partial charge in [0.2, 0.25) is 10.0 Å². The number of rotatable bonds is 4. The Balaban J connectivity index is 1.83. The Morgan fingerprint density at radius 3 is 2.60 bits per heavy atom. The summed E-state index contributed by atoms with van der Waals surface area (Å²) < 4.78 is 22.8. The fourth-order valence-electron chi connectivity index (χ4n) is 3.26. The molecule has 1 amide bonds. The molecule has 0 radical (unpaired) electrons. The van der Waals surface area contributed by atoms with E-state index in [0.717, 1.165) is 12.8 Å². The van der Waals surface area contributed by atoms with E-state index in [1.54, 1.807) is 0 Å². The third-order valence-electron chi connectivity index (χ3n) is 4.57. The molecular formula is C16H19N3O5S. The molecule has 134 valence electrons. The number of hydrogen-bond acceptors (Lipinski definition) is 4. The lowest BCUT2D eigenvalue weighted by atomic mass is 9.84. The second kappa shape index (κ2) is 6.49. The van der Waals surface area contributed by atoms with Gasteiger partial charge in [-0.05, 0) is 37.1 Å². The van der Waals surface area contributed by atoms with E-state index in [9.17, 15) is 23.1 Å². The maximum Gasteiger partial charge on any atom is 0.308 e. The lowest BCUT2D eigenvalue weighted by Gasteiger charge is -2.29. The van der Waals surface area contributed by atoms with Crippen molar-refractivity contribution in [1.29, 1.82) is 0 Å². The molecule has 1 aromatic carbocycles. The van der Waals surface area contributed by atoms with Crippen LogP contribution in [0.5, 0.6) is 0 Å². The lowest BCUT2D eigenvalue weighted by Crippen LogP contribution is -2.45. The highest BCUT2D eigenvalue weighted by Gasteiger charge is 2.32. The number of carboxylic acids is 1. The molecule has 0 aliphatic heterocycles. The first kappa shape index (κ1) is 17.4. The minimum absolute atomic E-state index is 0.0378. The third-order valence-corrected chi connectivity index (χ3v) is 5.48. The van der Waals surface area contributed by atoms with Crippen LogP contribution in [0.3, 0.4) is 0 Å². The van der Waals surface area contributed by atoms with Gasteiger partial charge >= 0.3 is 5.97 Å². The maximum absolute atomic E-state index is 12.5. The Kier molecular flexibility index (Phi) is 4.53. The average Bonchev–Trinajstić information content (AvgIpc) is 2.97. The van der Waals surface area contributed by atoms with Gasteiger partial charge in [0, 0.05) is 16.9 Å². The largest absolute Gasteiger partial charge is 0.481 e. The van der Waals surface area contributed by atoms with Gasteiger partial charge in [-0.25, -0.2) is 13.6 Å². The summed E-state index contributed by atoms with van der Waals surface area (Å²) in [6.07, 6.45) is 2.88. The summed E-state index contributed by atoms with van der Waals surface area (Å²) in [5.41, 5.74) is 0.840. The summed E-state index contributed by atoms with van der Waals surface area (Å²) >= 11 is 0. The predicted octanol–water partition coefficient (Wildman–Crippen LogP) is 1.19.